The molecule has 0 N–H and O–H groups in total. The molecule has 0 spiro atoms. The Bertz CT molecular complexity index is 698. The quantitative estimate of drug-likeness (QED) is 0.800. The second kappa shape index (κ2) is 6.14. The summed E-state index contributed by atoms with van der Waals surface area (Å²) in [4.78, 5) is 12.5. The summed E-state index contributed by atoms with van der Waals surface area (Å²) in [7, 11) is 3.01. The van der Waals surface area contributed by atoms with Gasteiger partial charge in [-0.05, 0) is 42.8 Å². The summed E-state index contributed by atoms with van der Waals surface area (Å²) in [5.74, 6) is 0.0550. The van der Waals surface area contributed by atoms with Gasteiger partial charge in [-0.3, -0.25) is 4.79 Å². The van der Waals surface area contributed by atoms with E-state index in [-0.39, 0.29) is 16.4 Å². The zero-order chi connectivity index (χ0) is 15.6. The van der Waals surface area contributed by atoms with Crippen LogP contribution < -0.4 is 9.47 Å². The monoisotopic (exact) mass is 308 g/mol. The Labute approximate surface area is 127 Å². The SMILES string of the molecule is COc1cc(C)c(C(=O)c2ccc(Cl)c(F)c2)cc1OC. The molecule has 2 rings (SSSR count). The molecule has 2 aromatic carbocycles. The van der Waals surface area contributed by atoms with Crippen LogP contribution >= 0.6 is 11.6 Å². The highest BCUT2D eigenvalue weighted by Gasteiger charge is 2.17. The molecule has 3 nitrogen and oxygen atoms in total. The standard InChI is InChI=1S/C16H14ClFO3/c1-9-6-14(20-2)15(21-3)8-11(9)16(19)10-4-5-12(17)13(18)7-10/h4-8H,1-3H3. The van der Waals surface area contributed by atoms with Crippen molar-refractivity contribution in [3.05, 3.63) is 57.9 Å². The first kappa shape index (κ1) is 15.3. The summed E-state index contributed by atoms with van der Waals surface area (Å²) in [6, 6.07) is 7.27. The molecule has 0 unspecified atom stereocenters. The summed E-state index contributed by atoms with van der Waals surface area (Å²) >= 11 is 5.63. The van der Waals surface area contributed by atoms with Gasteiger partial charge in [-0.15, -0.1) is 0 Å². The zero-order valence-corrected chi connectivity index (χ0v) is 12.6. The van der Waals surface area contributed by atoms with E-state index in [1.54, 1.807) is 19.1 Å². The van der Waals surface area contributed by atoms with Crippen molar-refractivity contribution in [2.24, 2.45) is 0 Å². The van der Waals surface area contributed by atoms with Crippen molar-refractivity contribution in [3.63, 3.8) is 0 Å². The van der Waals surface area contributed by atoms with Crippen LogP contribution in [-0.2, 0) is 0 Å². The van der Waals surface area contributed by atoms with Gasteiger partial charge in [0.25, 0.3) is 0 Å². The predicted octanol–water partition coefficient (Wildman–Crippen LogP) is 4.04. The summed E-state index contributed by atoms with van der Waals surface area (Å²) < 4.78 is 23.9. The maximum Gasteiger partial charge on any atom is 0.193 e. The summed E-state index contributed by atoms with van der Waals surface area (Å²) in [6.45, 7) is 1.78. The van der Waals surface area contributed by atoms with Gasteiger partial charge in [0, 0.05) is 11.1 Å². The van der Waals surface area contributed by atoms with Gasteiger partial charge in [0.15, 0.2) is 17.3 Å². The van der Waals surface area contributed by atoms with Crippen LogP contribution in [0.4, 0.5) is 4.39 Å². The lowest BCUT2D eigenvalue weighted by atomic mass is 9.98. The largest absolute Gasteiger partial charge is 0.493 e. The number of ether oxygens (including phenoxy) is 2. The first-order chi connectivity index (χ1) is 9.97. The number of hydrogen-bond donors (Lipinski definition) is 0. The number of carbonyl (C=O) groups excluding carboxylic acids is 1. The Hall–Kier alpha value is -2.07. The lowest BCUT2D eigenvalue weighted by Crippen LogP contribution is -2.05. The van der Waals surface area contributed by atoms with Crippen LogP contribution in [0.15, 0.2) is 30.3 Å². The van der Waals surface area contributed by atoms with Crippen LogP contribution in [0.5, 0.6) is 11.5 Å². The first-order valence-corrected chi connectivity index (χ1v) is 6.58. The van der Waals surface area contributed by atoms with Gasteiger partial charge in [0.05, 0.1) is 19.2 Å². The Kier molecular flexibility index (Phi) is 4.48. The van der Waals surface area contributed by atoms with Crippen molar-refractivity contribution in [1.29, 1.82) is 0 Å². The maximum atomic E-state index is 13.5. The molecule has 2 aromatic rings. The van der Waals surface area contributed by atoms with Gasteiger partial charge in [-0.25, -0.2) is 4.39 Å². The van der Waals surface area contributed by atoms with Crippen molar-refractivity contribution in [1.82, 2.24) is 0 Å². The lowest BCUT2D eigenvalue weighted by Gasteiger charge is -2.12. The van der Waals surface area contributed by atoms with Gasteiger partial charge in [-0.2, -0.15) is 0 Å². The number of carbonyl (C=O) groups is 1. The number of halogens is 2. The predicted molar refractivity (Wildman–Crippen MR) is 79.1 cm³/mol. The van der Waals surface area contributed by atoms with Crippen LogP contribution in [0.2, 0.25) is 5.02 Å². The average molecular weight is 309 g/mol. The molecule has 0 aliphatic heterocycles. The fourth-order valence-electron chi connectivity index (χ4n) is 2.02. The minimum absolute atomic E-state index is 0.0180. The molecule has 0 bridgehead atoms. The van der Waals surface area contributed by atoms with E-state index in [0.29, 0.717) is 22.6 Å². The smallest absolute Gasteiger partial charge is 0.193 e. The number of rotatable bonds is 4. The van der Waals surface area contributed by atoms with E-state index in [9.17, 15) is 9.18 Å². The Balaban J connectivity index is 2.50. The first-order valence-electron chi connectivity index (χ1n) is 6.20. The van der Waals surface area contributed by atoms with E-state index in [0.717, 1.165) is 6.07 Å². The van der Waals surface area contributed by atoms with Crippen LogP contribution in [0, 0.1) is 12.7 Å². The highest BCUT2D eigenvalue weighted by Crippen LogP contribution is 2.31. The van der Waals surface area contributed by atoms with Crippen molar-refractivity contribution >= 4 is 17.4 Å². The van der Waals surface area contributed by atoms with E-state index in [2.05, 4.69) is 0 Å². The van der Waals surface area contributed by atoms with Crippen molar-refractivity contribution < 1.29 is 18.7 Å². The molecule has 0 saturated carbocycles. The molecule has 5 heteroatoms. The van der Waals surface area contributed by atoms with Gasteiger partial charge >= 0.3 is 0 Å². The van der Waals surface area contributed by atoms with Crippen LogP contribution in [0.3, 0.4) is 0 Å². The molecule has 0 aromatic heterocycles. The molecule has 0 amide bonds. The number of benzene rings is 2. The molecule has 0 aliphatic carbocycles. The second-order valence-electron chi connectivity index (χ2n) is 4.48. The summed E-state index contributed by atoms with van der Waals surface area (Å²) in [5.41, 5.74) is 1.37. The van der Waals surface area contributed by atoms with Crippen LogP contribution in [0.1, 0.15) is 21.5 Å². The molecule has 0 heterocycles. The normalized spacial score (nSPS) is 10.3. The van der Waals surface area contributed by atoms with Crippen molar-refractivity contribution in [2.45, 2.75) is 6.92 Å². The van der Waals surface area contributed by atoms with E-state index in [4.69, 9.17) is 21.1 Å². The molecule has 0 radical (unpaired) electrons. The molecule has 110 valence electrons. The third kappa shape index (κ3) is 3.00. The lowest BCUT2D eigenvalue weighted by molar-refractivity contribution is 0.103. The molecule has 0 saturated heterocycles. The summed E-state index contributed by atoms with van der Waals surface area (Å²) in [6.07, 6.45) is 0. The van der Waals surface area contributed by atoms with Gasteiger partial charge in [-0.1, -0.05) is 11.6 Å². The van der Waals surface area contributed by atoms with Crippen LogP contribution in [-0.4, -0.2) is 20.0 Å². The molecule has 21 heavy (non-hydrogen) atoms. The molecule has 0 aliphatic rings. The van der Waals surface area contributed by atoms with E-state index < -0.39 is 5.82 Å². The van der Waals surface area contributed by atoms with Gasteiger partial charge in [0.2, 0.25) is 0 Å². The Morgan fingerprint density at radius 2 is 1.71 bits per heavy atom. The van der Waals surface area contributed by atoms with Crippen molar-refractivity contribution in [3.8, 4) is 11.5 Å². The number of hydrogen-bond acceptors (Lipinski definition) is 3. The van der Waals surface area contributed by atoms with Gasteiger partial charge in [0.1, 0.15) is 5.82 Å². The fourth-order valence-corrected chi connectivity index (χ4v) is 2.14. The second-order valence-corrected chi connectivity index (χ2v) is 4.89. The van der Waals surface area contributed by atoms with E-state index in [1.807, 2.05) is 0 Å². The van der Waals surface area contributed by atoms with E-state index in [1.165, 1.54) is 26.4 Å². The Morgan fingerprint density at radius 1 is 1.10 bits per heavy atom. The molecule has 0 fully saturated rings. The number of ketones is 1. The third-order valence-corrected chi connectivity index (χ3v) is 3.46. The Morgan fingerprint density at radius 3 is 2.29 bits per heavy atom. The highest BCUT2D eigenvalue weighted by molar-refractivity contribution is 6.30. The van der Waals surface area contributed by atoms with Crippen molar-refractivity contribution in [2.75, 3.05) is 14.2 Å². The number of aryl methyl sites for hydroxylation is 1. The van der Waals surface area contributed by atoms with Gasteiger partial charge < -0.3 is 9.47 Å². The highest BCUT2D eigenvalue weighted by atomic mass is 35.5. The average Bonchev–Trinajstić information content (AvgIpc) is 2.49. The van der Waals surface area contributed by atoms with E-state index >= 15 is 0 Å². The molecular formula is C16H14ClFO3. The number of methoxy groups -OCH3 is 2. The summed E-state index contributed by atoms with van der Waals surface area (Å²) in [5, 5.41) is -0.0180. The third-order valence-electron chi connectivity index (χ3n) is 3.16. The maximum absolute atomic E-state index is 13.5. The topological polar surface area (TPSA) is 35.5 Å². The molecular weight excluding hydrogens is 295 g/mol. The minimum atomic E-state index is -0.624. The molecule has 0 atom stereocenters. The zero-order valence-electron chi connectivity index (χ0n) is 11.9. The fraction of sp³-hybridized carbons (Fsp3) is 0.188. The minimum Gasteiger partial charge on any atom is -0.493 e. The van der Waals surface area contributed by atoms with Crippen LogP contribution in [0.25, 0.3) is 0 Å².